The van der Waals surface area contributed by atoms with Crippen LogP contribution in [0.15, 0.2) is 48.8 Å². The van der Waals surface area contributed by atoms with Crippen molar-refractivity contribution >= 4 is 34.7 Å². The van der Waals surface area contributed by atoms with Crippen molar-refractivity contribution in [3.8, 4) is 5.75 Å². The number of fused-ring (bicyclic) bond motifs is 1. The molecule has 0 aliphatic carbocycles. The fourth-order valence-corrected chi connectivity index (χ4v) is 2.02. The number of nitrogens with one attached hydrogen (secondary N) is 1. The highest BCUT2D eigenvalue weighted by atomic mass is 35.5. The molecule has 1 N–H and O–H groups in total. The van der Waals surface area contributed by atoms with E-state index in [0.717, 1.165) is 11.6 Å². The van der Waals surface area contributed by atoms with Crippen molar-refractivity contribution in [3.05, 3.63) is 59.5 Å². The Hall–Kier alpha value is -2.66. The summed E-state index contributed by atoms with van der Waals surface area (Å²) in [5.41, 5.74) is 0.722. The van der Waals surface area contributed by atoms with Crippen LogP contribution in [0.2, 0.25) is 5.02 Å². The van der Waals surface area contributed by atoms with Gasteiger partial charge in [0.05, 0.1) is 18.4 Å². The number of esters is 1. The molecule has 6 heteroatoms. The number of carbonyl (C=O) groups excluding carboxylic acids is 1. The second kappa shape index (κ2) is 8.10. The third-order valence-electron chi connectivity index (χ3n) is 2.80. The molecule has 1 aromatic carbocycles. The lowest BCUT2D eigenvalue weighted by atomic mass is 10.2. The molecule has 0 aliphatic heterocycles. The first-order chi connectivity index (χ1) is 11.2. The molecule has 5 nitrogen and oxygen atoms in total. The summed E-state index contributed by atoms with van der Waals surface area (Å²) in [5.74, 6) is -0.277. The van der Waals surface area contributed by atoms with Crippen molar-refractivity contribution in [2.75, 3.05) is 6.61 Å². The maximum Gasteiger partial charge on any atom is 0.360 e. The molecule has 0 radical (unpaired) electrons. The van der Waals surface area contributed by atoms with Gasteiger partial charge < -0.3 is 14.9 Å². The zero-order valence-electron chi connectivity index (χ0n) is 12.5. The van der Waals surface area contributed by atoms with E-state index in [0.29, 0.717) is 10.5 Å². The number of halogens is 1. The third kappa shape index (κ3) is 4.40. The van der Waals surface area contributed by atoms with E-state index < -0.39 is 5.97 Å². The van der Waals surface area contributed by atoms with Crippen LogP contribution in [0.25, 0.3) is 10.9 Å². The molecule has 0 unspecified atom stereocenters. The van der Waals surface area contributed by atoms with Gasteiger partial charge in [0.1, 0.15) is 0 Å². The van der Waals surface area contributed by atoms with E-state index >= 15 is 0 Å². The minimum Gasteiger partial charge on any atom is -0.462 e. The summed E-state index contributed by atoms with van der Waals surface area (Å²) < 4.78 is 10.5. The monoisotopic (exact) mass is 330 g/mol. The van der Waals surface area contributed by atoms with E-state index in [9.17, 15) is 4.79 Å². The zero-order chi connectivity index (χ0) is 16.7. The minimum atomic E-state index is -0.553. The summed E-state index contributed by atoms with van der Waals surface area (Å²) in [7, 11) is 0. The number of rotatable bonds is 6. The van der Waals surface area contributed by atoms with Gasteiger partial charge in [-0.1, -0.05) is 17.7 Å². The lowest BCUT2D eigenvalue weighted by molar-refractivity contribution is 0.0517. The Morgan fingerprint density at radius 1 is 1.30 bits per heavy atom. The van der Waals surface area contributed by atoms with Crippen LogP contribution in [0.3, 0.4) is 0 Å². The quantitative estimate of drug-likeness (QED) is 0.373. The predicted molar refractivity (Wildman–Crippen MR) is 90.4 cm³/mol. The van der Waals surface area contributed by atoms with Gasteiger partial charge in [-0.25, -0.2) is 9.78 Å². The predicted octanol–water partition coefficient (Wildman–Crippen LogP) is 4.16. The van der Waals surface area contributed by atoms with Gasteiger partial charge >= 0.3 is 5.97 Å². The van der Waals surface area contributed by atoms with Gasteiger partial charge in [-0.05, 0) is 43.3 Å². The number of ether oxygens (including phenoxy) is 2. The third-order valence-corrected chi connectivity index (χ3v) is 3.04. The van der Waals surface area contributed by atoms with Crippen molar-refractivity contribution in [2.45, 2.75) is 6.92 Å². The number of hydrogen-bond acceptors (Lipinski definition) is 5. The number of pyridine rings is 1. The van der Waals surface area contributed by atoms with Gasteiger partial charge in [0.2, 0.25) is 0 Å². The molecule has 0 spiro atoms. The van der Waals surface area contributed by atoms with E-state index in [4.69, 9.17) is 26.5 Å². The highest BCUT2D eigenvalue weighted by molar-refractivity contribution is 6.31. The Bertz CT molecular complexity index is 785. The molecule has 2 aromatic rings. The fourth-order valence-electron chi connectivity index (χ4n) is 1.84. The zero-order valence-corrected chi connectivity index (χ0v) is 13.2. The van der Waals surface area contributed by atoms with E-state index in [1.807, 2.05) is 0 Å². The molecule has 0 amide bonds. The molecule has 2 rings (SSSR count). The van der Waals surface area contributed by atoms with Gasteiger partial charge in [0.25, 0.3) is 0 Å². The average molecular weight is 331 g/mol. The second-order valence-corrected chi connectivity index (χ2v) is 4.83. The molecule has 23 heavy (non-hydrogen) atoms. The molecular weight excluding hydrogens is 316 g/mol. The lowest BCUT2D eigenvalue weighted by Crippen LogP contribution is -2.09. The van der Waals surface area contributed by atoms with Gasteiger partial charge in [-0.2, -0.15) is 0 Å². The second-order valence-electron chi connectivity index (χ2n) is 4.39. The molecule has 118 valence electrons. The number of nitrogens with zero attached hydrogens (tertiary/aromatic N) is 1. The Labute approximate surface area is 138 Å². The molecule has 0 atom stereocenters. The maximum absolute atomic E-state index is 12.1. The smallest absolute Gasteiger partial charge is 0.360 e. The summed E-state index contributed by atoms with van der Waals surface area (Å²) in [6, 6.07) is 6.86. The summed E-state index contributed by atoms with van der Waals surface area (Å²) in [4.78, 5) is 16.4. The average Bonchev–Trinajstić information content (AvgIpc) is 2.54. The first-order valence-electron chi connectivity index (χ1n) is 6.92. The van der Waals surface area contributed by atoms with E-state index in [2.05, 4.69) is 4.98 Å². The van der Waals surface area contributed by atoms with Crippen LogP contribution in [-0.2, 0) is 4.74 Å². The molecule has 0 saturated carbocycles. The molecule has 1 heterocycles. The van der Waals surface area contributed by atoms with Crippen LogP contribution < -0.4 is 4.74 Å². The Balaban J connectivity index is 2.42. The normalized spacial score (nSPS) is 11.2. The molecule has 1 aromatic heterocycles. The summed E-state index contributed by atoms with van der Waals surface area (Å²) in [6.45, 7) is 1.97. The van der Waals surface area contributed by atoms with Gasteiger partial charge in [0.15, 0.2) is 11.4 Å². The van der Waals surface area contributed by atoms with Crippen LogP contribution in [0.1, 0.15) is 17.4 Å². The number of carbonyl (C=O) groups is 1. The molecular formula is C17H15ClN2O3. The van der Waals surface area contributed by atoms with Crippen molar-refractivity contribution < 1.29 is 14.3 Å². The van der Waals surface area contributed by atoms with Crippen molar-refractivity contribution in [3.63, 3.8) is 0 Å². The van der Waals surface area contributed by atoms with E-state index in [-0.39, 0.29) is 18.1 Å². The SMILES string of the molecule is CCOC(=O)c1nc2ccc(Cl)cc2cc1O/C=C\C=C/C=N. The molecule has 0 bridgehead atoms. The Morgan fingerprint density at radius 2 is 2.13 bits per heavy atom. The van der Waals surface area contributed by atoms with Crippen molar-refractivity contribution in [2.24, 2.45) is 0 Å². The Kier molecular flexibility index (Phi) is 5.88. The highest BCUT2D eigenvalue weighted by Crippen LogP contribution is 2.26. The summed E-state index contributed by atoms with van der Waals surface area (Å²) >= 11 is 5.98. The number of benzene rings is 1. The summed E-state index contributed by atoms with van der Waals surface area (Å²) in [5, 5.41) is 8.20. The van der Waals surface area contributed by atoms with Gasteiger partial charge in [-0.3, -0.25) is 0 Å². The largest absolute Gasteiger partial charge is 0.462 e. The van der Waals surface area contributed by atoms with Crippen molar-refractivity contribution in [1.82, 2.24) is 4.98 Å². The number of aromatic nitrogens is 1. The van der Waals surface area contributed by atoms with Crippen LogP contribution in [0.5, 0.6) is 5.75 Å². The maximum atomic E-state index is 12.1. The minimum absolute atomic E-state index is 0.0994. The molecule has 0 fully saturated rings. The van der Waals surface area contributed by atoms with Crippen LogP contribution >= 0.6 is 11.6 Å². The topological polar surface area (TPSA) is 72.3 Å². The standard InChI is InChI=1S/C17H15ClN2O3/c1-2-22-17(21)16-15(23-9-5-3-4-8-19)11-12-10-13(18)6-7-14(12)20-16/h3-11,19H,2H2,1H3/b4-3-,9-5-,19-8?. The van der Waals surface area contributed by atoms with E-state index in [1.54, 1.807) is 43.3 Å². The lowest BCUT2D eigenvalue weighted by Gasteiger charge is -2.09. The van der Waals surface area contributed by atoms with Crippen molar-refractivity contribution in [1.29, 1.82) is 5.41 Å². The first-order valence-corrected chi connectivity index (χ1v) is 7.30. The number of allylic oxidation sites excluding steroid dienone is 3. The van der Waals surface area contributed by atoms with Crippen LogP contribution in [0, 0.1) is 5.41 Å². The summed E-state index contributed by atoms with van der Waals surface area (Å²) in [6.07, 6.45) is 7.30. The van der Waals surface area contributed by atoms with E-state index in [1.165, 1.54) is 12.3 Å². The molecule has 0 saturated heterocycles. The molecule has 0 aliphatic rings. The Morgan fingerprint density at radius 3 is 2.87 bits per heavy atom. The fraction of sp³-hybridized carbons (Fsp3) is 0.118. The number of hydrogen-bond donors (Lipinski definition) is 1. The highest BCUT2D eigenvalue weighted by Gasteiger charge is 2.17. The van der Waals surface area contributed by atoms with Gasteiger partial charge in [-0.15, -0.1) is 0 Å². The van der Waals surface area contributed by atoms with Crippen LogP contribution in [0.4, 0.5) is 0 Å². The van der Waals surface area contributed by atoms with Gasteiger partial charge in [0, 0.05) is 16.6 Å². The first kappa shape index (κ1) is 16.7. The van der Waals surface area contributed by atoms with Crippen LogP contribution in [-0.4, -0.2) is 23.8 Å².